The fourth-order valence-electron chi connectivity index (χ4n) is 3.39. The van der Waals surface area contributed by atoms with Crippen LogP contribution in [-0.4, -0.2) is 28.7 Å². The van der Waals surface area contributed by atoms with Crippen LogP contribution in [0.25, 0.3) is 0 Å². The molecule has 1 aliphatic carbocycles. The van der Waals surface area contributed by atoms with Crippen LogP contribution in [0, 0.1) is 5.92 Å². The van der Waals surface area contributed by atoms with E-state index >= 15 is 0 Å². The maximum atomic E-state index is 6.19. The Morgan fingerprint density at radius 2 is 1.52 bits per heavy atom. The molecule has 0 aromatic heterocycles. The molecule has 125 valence electrons. The van der Waals surface area contributed by atoms with Crippen molar-refractivity contribution in [2.24, 2.45) is 5.92 Å². The smallest absolute Gasteiger partial charge is 0.0507 e. The van der Waals surface area contributed by atoms with Crippen LogP contribution in [0.15, 0.2) is 0 Å². The quantitative estimate of drug-likeness (QED) is 0.270. The third-order valence-corrected chi connectivity index (χ3v) is 5.45. The van der Waals surface area contributed by atoms with Crippen molar-refractivity contribution in [2.45, 2.75) is 108 Å². The van der Waals surface area contributed by atoms with Crippen molar-refractivity contribution in [3.05, 3.63) is 0 Å². The van der Waals surface area contributed by atoms with Crippen LogP contribution in [0.5, 0.6) is 0 Å². The van der Waals surface area contributed by atoms with Crippen molar-refractivity contribution in [1.82, 2.24) is 0 Å². The Balaban J connectivity index is 2.10. The average Bonchev–Trinajstić information content (AvgIpc) is 3.01. The first-order valence-electron chi connectivity index (χ1n) is 9.56. The van der Waals surface area contributed by atoms with E-state index in [4.69, 9.17) is 4.74 Å². The Morgan fingerprint density at radius 1 is 0.905 bits per heavy atom. The molecule has 0 aliphatic heterocycles. The van der Waals surface area contributed by atoms with Gasteiger partial charge < -0.3 is 0 Å². The van der Waals surface area contributed by atoms with Gasteiger partial charge in [-0.15, -0.1) is 0 Å². The van der Waals surface area contributed by atoms with Gasteiger partial charge in [-0.1, -0.05) is 19.8 Å². The molecule has 0 spiro atoms. The SMILES string of the molecule is CCCCCC(CCCCCCC[Se])COC1CCCC1. The second-order valence-electron chi connectivity index (χ2n) is 6.86. The van der Waals surface area contributed by atoms with Gasteiger partial charge in [-0.25, -0.2) is 0 Å². The molecule has 0 heterocycles. The van der Waals surface area contributed by atoms with E-state index in [1.807, 2.05) is 0 Å². The van der Waals surface area contributed by atoms with Crippen molar-refractivity contribution in [2.75, 3.05) is 6.61 Å². The number of hydrogen-bond donors (Lipinski definition) is 0. The molecular formula is C19H37OSe. The molecule has 1 rings (SSSR count). The van der Waals surface area contributed by atoms with Crippen LogP contribution < -0.4 is 0 Å². The molecule has 1 saturated carbocycles. The minimum Gasteiger partial charge on any atom is -0.0507 e. The maximum absolute atomic E-state index is 6.19. The summed E-state index contributed by atoms with van der Waals surface area (Å²) >= 11 is 3.11. The van der Waals surface area contributed by atoms with Crippen LogP contribution in [0.4, 0.5) is 0 Å². The molecule has 1 aliphatic rings. The first-order chi connectivity index (χ1) is 10.4. The predicted molar refractivity (Wildman–Crippen MR) is 94.1 cm³/mol. The zero-order valence-corrected chi connectivity index (χ0v) is 16.0. The van der Waals surface area contributed by atoms with Crippen LogP contribution >= 0.6 is 0 Å². The topological polar surface area (TPSA) is 9.23 Å². The number of unbranched alkanes of at least 4 members (excludes halogenated alkanes) is 6. The molecule has 1 fully saturated rings. The molecule has 1 nitrogen and oxygen atoms in total. The van der Waals surface area contributed by atoms with Crippen LogP contribution in [0.3, 0.4) is 0 Å². The van der Waals surface area contributed by atoms with Crippen molar-refractivity contribution in [3.63, 3.8) is 0 Å². The normalized spacial score (nSPS) is 17.4. The van der Waals surface area contributed by atoms with Gasteiger partial charge in [-0.3, -0.25) is 0 Å². The first-order valence-corrected chi connectivity index (χ1v) is 10.8. The molecule has 1 radical (unpaired) electrons. The van der Waals surface area contributed by atoms with E-state index in [2.05, 4.69) is 22.9 Å². The van der Waals surface area contributed by atoms with E-state index in [-0.39, 0.29) is 0 Å². The molecule has 0 aromatic rings. The Labute approximate surface area is 141 Å². The molecule has 2 heteroatoms. The van der Waals surface area contributed by atoms with E-state index in [1.54, 1.807) is 0 Å². The third kappa shape index (κ3) is 10.8. The van der Waals surface area contributed by atoms with Gasteiger partial charge in [0.15, 0.2) is 0 Å². The summed E-state index contributed by atoms with van der Waals surface area (Å²) in [7, 11) is 0. The van der Waals surface area contributed by atoms with Crippen molar-refractivity contribution in [3.8, 4) is 0 Å². The standard InChI is InChI=1S/C19H37OSe/c1-2-3-7-12-18(13-8-5-4-6-11-16-21)17-20-19-14-9-10-15-19/h18-19H,2-17H2,1H3. The van der Waals surface area contributed by atoms with Crippen LogP contribution in [-0.2, 0) is 4.74 Å². The summed E-state index contributed by atoms with van der Waals surface area (Å²) in [6.45, 7) is 3.34. The zero-order chi connectivity index (χ0) is 15.2. The Morgan fingerprint density at radius 3 is 2.19 bits per heavy atom. The molecule has 0 aromatic carbocycles. The van der Waals surface area contributed by atoms with E-state index < -0.39 is 0 Å². The van der Waals surface area contributed by atoms with Gasteiger partial charge in [-0.05, 0) is 0 Å². The summed E-state index contributed by atoms with van der Waals surface area (Å²) in [4.78, 5) is 0. The summed E-state index contributed by atoms with van der Waals surface area (Å²) < 4.78 is 6.19. The fourth-order valence-corrected chi connectivity index (χ4v) is 3.81. The van der Waals surface area contributed by atoms with Crippen molar-refractivity contribution < 1.29 is 4.74 Å². The van der Waals surface area contributed by atoms with Gasteiger partial charge in [-0.2, -0.15) is 0 Å². The number of hydrogen-bond acceptors (Lipinski definition) is 1. The predicted octanol–water partition coefficient (Wildman–Crippen LogP) is 6.07. The summed E-state index contributed by atoms with van der Waals surface area (Å²) in [5.74, 6) is 0.830. The van der Waals surface area contributed by atoms with E-state index in [9.17, 15) is 0 Å². The molecule has 0 bridgehead atoms. The molecule has 1 unspecified atom stereocenters. The number of ether oxygens (including phenoxy) is 1. The first kappa shape index (κ1) is 19.5. The second kappa shape index (κ2) is 14.1. The minimum absolute atomic E-state index is 0.597. The molecule has 21 heavy (non-hydrogen) atoms. The van der Waals surface area contributed by atoms with Crippen molar-refractivity contribution >= 4 is 16.0 Å². The summed E-state index contributed by atoms with van der Waals surface area (Å²) in [6, 6.07) is 0. The molecule has 1 atom stereocenters. The van der Waals surface area contributed by atoms with Gasteiger partial charge in [0.05, 0.1) is 0 Å². The molecule has 0 saturated heterocycles. The molecule has 0 N–H and O–H groups in total. The van der Waals surface area contributed by atoms with Gasteiger partial charge >= 0.3 is 122 Å². The van der Waals surface area contributed by atoms with E-state index in [1.165, 1.54) is 95.2 Å². The summed E-state index contributed by atoms with van der Waals surface area (Å²) in [5, 5.41) is 1.23. The minimum atomic E-state index is 0.597. The van der Waals surface area contributed by atoms with Gasteiger partial charge in [0.1, 0.15) is 0 Å². The van der Waals surface area contributed by atoms with Crippen LogP contribution in [0.1, 0.15) is 96.8 Å². The fraction of sp³-hybridized carbons (Fsp3) is 1.00. The van der Waals surface area contributed by atoms with Crippen molar-refractivity contribution in [1.29, 1.82) is 0 Å². The zero-order valence-electron chi connectivity index (χ0n) is 14.3. The Hall–Kier alpha value is 0.479. The molecular weight excluding hydrogens is 323 g/mol. The Kier molecular flexibility index (Phi) is 13.1. The second-order valence-corrected chi connectivity index (χ2v) is 7.72. The van der Waals surface area contributed by atoms with E-state index in [0.29, 0.717) is 6.10 Å². The third-order valence-electron chi connectivity index (χ3n) is 4.84. The monoisotopic (exact) mass is 361 g/mol. The summed E-state index contributed by atoms with van der Waals surface area (Å²) in [5.41, 5.74) is 0. The molecule has 0 amide bonds. The van der Waals surface area contributed by atoms with Crippen LogP contribution in [0.2, 0.25) is 5.32 Å². The van der Waals surface area contributed by atoms with Gasteiger partial charge in [0.2, 0.25) is 0 Å². The summed E-state index contributed by atoms with van der Waals surface area (Å²) in [6.07, 6.45) is 20.0. The van der Waals surface area contributed by atoms with Gasteiger partial charge in [0.25, 0.3) is 0 Å². The van der Waals surface area contributed by atoms with Gasteiger partial charge in [0, 0.05) is 0 Å². The van der Waals surface area contributed by atoms with E-state index in [0.717, 1.165) is 12.5 Å². The average molecular weight is 360 g/mol. The number of rotatable bonds is 14. The Bertz CT molecular complexity index is 214.